The van der Waals surface area contributed by atoms with E-state index in [1.54, 1.807) is 7.11 Å². The Morgan fingerprint density at radius 2 is 2.17 bits per heavy atom. The normalized spacial score (nSPS) is 38.9. The van der Waals surface area contributed by atoms with Crippen molar-refractivity contribution in [1.29, 1.82) is 0 Å². The van der Waals surface area contributed by atoms with Crippen molar-refractivity contribution in [3.63, 3.8) is 0 Å². The van der Waals surface area contributed by atoms with Crippen LogP contribution in [0.5, 0.6) is 11.5 Å². The van der Waals surface area contributed by atoms with Crippen molar-refractivity contribution >= 4 is 22.8 Å². The number of ketones is 1. The monoisotopic (exact) mass is 395 g/mol. The molecule has 4 aliphatic rings. The van der Waals surface area contributed by atoms with E-state index in [9.17, 15) is 9.90 Å². The van der Waals surface area contributed by atoms with E-state index in [-0.39, 0.29) is 28.8 Å². The first-order valence-corrected chi connectivity index (χ1v) is 8.35. The standard InChI is InChI=1S/C18H21NO4.BrH/c1-19-8-7-17-14-10-3-4-12(22-2)15(14)23-16(17)11(20)5-6-18(17,21)13(19)9-10;/h3-4,13,16,21H,5-9H2,1-2H3;1H/t13-,16+,17+,18-;/m1./s1. The molecule has 0 amide bonds. The molecule has 0 aromatic heterocycles. The number of aliphatic hydroxyl groups is 1. The lowest BCUT2D eigenvalue weighted by molar-refractivity contribution is -0.185. The fourth-order valence-corrected chi connectivity index (χ4v) is 5.69. The van der Waals surface area contributed by atoms with E-state index in [4.69, 9.17) is 9.47 Å². The number of piperidine rings is 1. The maximum atomic E-state index is 12.7. The SMILES string of the molecule is Br.COc1ccc2c3c1O[C@H]1C(=O)CC[C@@]4(O)[C@@H](C2)N(C)CC[C@]314. The molecule has 1 spiro atoms. The molecule has 5 rings (SSSR count). The van der Waals surface area contributed by atoms with E-state index in [1.165, 1.54) is 5.56 Å². The van der Waals surface area contributed by atoms with Gasteiger partial charge in [0.15, 0.2) is 23.4 Å². The predicted molar refractivity (Wildman–Crippen MR) is 93.3 cm³/mol. The number of rotatable bonds is 1. The maximum absolute atomic E-state index is 12.7. The van der Waals surface area contributed by atoms with Crippen LogP contribution in [-0.2, 0) is 16.6 Å². The molecule has 2 heterocycles. The van der Waals surface area contributed by atoms with E-state index in [0.29, 0.717) is 24.3 Å². The Morgan fingerprint density at radius 1 is 1.38 bits per heavy atom. The summed E-state index contributed by atoms with van der Waals surface area (Å²) in [5, 5.41) is 11.7. The molecule has 2 aliphatic carbocycles. The van der Waals surface area contributed by atoms with Crippen LogP contribution in [-0.4, -0.2) is 54.2 Å². The van der Waals surface area contributed by atoms with Crippen LogP contribution >= 0.6 is 17.0 Å². The molecule has 4 atom stereocenters. The average Bonchev–Trinajstić information content (AvgIpc) is 2.90. The Kier molecular flexibility index (Phi) is 3.38. The highest BCUT2D eigenvalue weighted by atomic mass is 79.9. The van der Waals surface area contributed by atoms with Gasteiger partial charge in [0, 0.05) is 18.0 Å². The molecule has 0 radical (unpaired) electrons. The summed E-state index contributed by atoms with van der Waals surface area (Å²) in [7, 11) is 3.70. The van der Waals surface area contributed by atoms with Gasteiger partial charge < -0.3 is 19.5 Å². The molecular formula is C18H22BrNO4. The molecule has 130 valence electrons. The molecular weight excluding hydrogens is 374 g/mol. The number of benzene rings is 1. The minimum absolute atomic E-state index is 0. The number of likely N-dealkylation sites (tertiary alicyclic amines) is 1. The Labute approximate surface area is 151 Å². The van der Waals surface area contributed by atoms with Crippen molar-refractivity contribution in [2.45, 2.75) is 48.8 Å². The molecule has 5 nitrogen and oxygen atoms in total. The van der Waals surface area contributed by atoms with Crippen LogP contribution in [0.3, 0.4) is 0 Å². The molecule has 1 aromatic rings. The van der Waals surface area contributed by atoms with Gasteiger partial charge in [0.25, 0.3) is 0 Å². The summed E-state index contributed by atoms with van der Waals surface area (Å²) in [6.45, 7) is 0.871. The van der Waals surface area contributed by atoms with Crippen LogP contribution in [0.2, 0.25) is 0 Å². The van der Waals surface area contributed by atoms with Crippen molar-refractivity contribution < 1.29 is 19.4 Å². The summed E-state index contributed by atoms with van der Waals surface area (Å²) in [4.78, 5) is 14.9. The van der Waals surface area contributed by atoms with Crippen LogP contribution in [0.4, 0.5) is 0 Å². The van der Waals surface area contributed by atoms with E-state index in [2.05, 4.69) is 18.0 Å². The molecule has 0 unspecified atom stereocenters. The van der Waals surface area contributed by atoms with Crippen LogP contribution in [0.25, 0.3) is 0 Å². The van der Waals surface area contributed by atoms with Crippen molar-refractivity contribution in [3.8, 4) is 11.5 Å². The number of ether oxygens (including phenoxy) is 2. The number of nitrogens with zero attached hydrogens (tertiary/aromatic N) is 1. The first-order valence-electron chi connectivity index (χ1n) is 8.35. The Balaban J connectivity index is 0.00000146. The molecule has 1 N–H and O–H groups in total. The number of carbonyl (C=O) groups is 1. The predicted octanol–water partition coefficient (Wildman–Crippen LogP) is 1.63. The van der Waals surface area contributed by atoms with Gasteiger partial charge in [-0.2, -0.15) is 0 Å². The summed E-state index contributed by atoms with van der Waals surface area (Å²) in [6, 6.07) is 4.05. The van der Waals surface area contributed by atoms with Gasteiger partial charge in [-0.15, -0.1) is 17.0 Å². The molecule has 2 bridgehead atoms. The van der Waals surface area contributed by atoms with E-state index >= 15 is 0 Å². The third-order valence-corrected chi connectivity index (χ3v) is 6.73. The fourth-order valence-electron chi connectivity index (χ4n) is 5.69. The highest BCUT2D eigenvalue weighted by molar-refractivity contribution is 8.93. The van der Waals surface area contributed by atoms with Gasteiger partial charge in [-0.1, -0.05) is 6.07 Å². The molecule has 1 aromatic carbocycles. The fraction of sp³-hybridized carbons (Fsp3) is 0.611. The number of likely N-dealkylation sites (N-methyl/N-ethyl adjacent to an activating group) is 1. The molecule has 2 fully saturated rings. The van der Waals surface area contributed by atoms with Crippen molar-refractivity contribution in [2.24, 2.45) is 0 Å². The largest absolute Gasteiger partial charge is 0.493 e. The number of hydrogen-bond donors (Lipinski definition) is 1. The summed E-state index contributed by atoms with van der Waals surface area (Å²) in [6.07, 6.45) is 1.89. The van der Waals surface area contributed by atoms with Crippen LogP contribution in [0.1, 0.15) is 30.4 Å². The lowest BCUT2D eigenvalue weighted by atomic mass is 9.49. The smallest absolute Gasteiger partial charge is 0.174 e. The first-order chi connectivity index (χ1) is 11.0. The highest BCUT2D eigenvalue weighted by Gasteiger charge is 2.72. The number of Topliss-reactive ketones (excluding diaryl/α,β-unsaturated/α-hetero) is 1. The molecule has 24 heavy (non-hydrogen) atoms. The number of halogens is 1. The summed E-state index contributed by atoms with van der Waals surface area (Å²) in [5.74, 6) is 1.47. The molecule has 1 saturated heterocycles. The second-order valence-corrected chi connectivity index (χ2v) is 7.44. The third-order valence-electron chi connectivity index (χ3n) is 6.73. The Morgan fingerprint density at radius 3 is 2.92 bits per heavy atom. The van der Waals surface area contributed by atoms with E-state index in [0.717, 1.165) is 24.9 Å². The first kappa shape index (κ1) is 16.4. The maximum Gasteiger partial charge on any atom is 0.174 e. The minimum Gasteiger partial charge on any atom is -0.493 e. The molecule has 1 saturated carbocycles. The van der Waals surface area contributed by atoms with Crippen LogP contribution in [0.15, 0.2) is 12.1 Å². The topological polar surface area (TPSA) is 59.0 Å². The molecule has 6 heteroatoms. The zero-order chi connectivity index (χ0) is 16.0. The Bertz CT molecular complexity index is 738. The second kappa shape index (κ2) is 4.96. The number of carbonyl (C=O) groups excluding carboxylic acids is 1. The van der Waals surface area contributed by atoms with Gasteiger partial charge >= 0.3 is 0 Å². The van der Waals surface area contributed by atoms with Gasteiger partial charge in [0.2, 0.25) is 0 Å². The van der Waals surface area contributed by atoms with Crippen molar-refractivity contribution in [3.05, 3.63) is 23.3 Å². The third kappa shape index (κ3) is 1.56. The molecule has 2 aliphatic heterocycles. The van der Waals surface area contributed by atoms with E-state index in [1.807, 2.05) is 6.07 Å². The van der Waals surface area contributed by atoms with Crippen LogP contribution in [0, 0.1) is 0 Å². The van der Waals surface area contributed by atoms with Crippen molar-refractivity contribution in [1.82, 2.24) is 4.90 Å². The van der Waals surface area contributed by atoms with Gasteiger partial charge in [-0.25, -0.2) is 0 Å². The van der Waals surface area contributed by atoms with Gasteiger partial charge in [-0.3, -0.25) is 4.79 Å². The van der Waals surface area contributed by atoms with Crippen molar-refractivity contribution in [2.75, 3.05) is 20.7 Å². The van der Waals surface area contributed by atoms with Crippen LogP contribution < -0.4 is 9.47 Å². The highest BCUT2D eigenvalue weighted by Crippen LogP contribution is 2.64. The lowest BCUT2D eigenvalue weighted by Gasteiger charge is -2.62. The number of hydrogen-bond acceptors (Lipinski definition) is 5. The summed E-state index contributed by atoms with van der Waals surface area (Å²) >= 11 is 0. The zero-order valence-electron chi connectivity index (χ0n) is 13.9. The second-order valence-electron chi connectivity index (χ2n) is 7.44. The van der Waals surface area contributed by atoms with E-state index < -0.39 is 17.1 Å². The van der Waals surface area contributed by atoms with Gasteiger partial charge in [-0.05, 0) is 44.5 Å². The quantitative estimate of drug-likeness (QED) is 0.782. The minimum atomic E-state index is -0.900. The van der Waals surface area contributed by atoms with Gasteiger partial charge in [0.05, 0.1) is 18.1 Å². The van der Waals surface area contributed by atoms with Gasteiger partial charge in [0.1, 0.15) is 0 Å². The summed E-state index contributed by atoms with van der Waals surface area (Å²) < 4.78 is 11.6. The Hall–Kier alpha value is -1.11. The lowest BCUT2D eigenvalue weighted by Crippen LogP contribution is -2.76. The average molecular weight is 396 g/mol. The number of methoxy groups -OCH3 is 1. The summed E-state index contributed by atoms with van der Waals surface area (Å²) in [5.41, 5.74) is 0.737. The zero-order valence-corrected chi connectivity index (χ0v) is 15.6.